The third-order valence-corrected chi connectivity index (χ3v) is 4.74. The topological polar surface area (TPSA) is 33.1 Å². The molecule has 29 heavy (non-hydrogen) atoms. The normalized spacial score (nSPS) is 10.1. The fourth-order valence-corrected chi connectivity index (χ4v) is 3.23. The first-order valence-electron chi connectivity index (χ1n) is 9.20. The van der Waals surface area contributed by atoms with Gasteiger partial charge in [0, 0.05) is 26.3 Å². The van der Waals surface area contributed by atoms with E-state index in [-0.39, 0.29) is 24.8 Å². The molecule has 0 amide bonds. The Hall–Kier alpha value is -2.69. The minimum Gasteiger partial charge on any atom is -1.00 e. The van der Waals surface area contributed by atoms with E-state index in [0.717, 1.165) is 30.1 Å². The van der Waals surface area contributed by atoms with Crippen molar-refractivity contribution in [1.82, 2.24) is 9.55 Å². The van der Waals surface area contributed by atoms with Gasteiger partial charge in [-0.15, -0.1) is 0 Å². The van der Waals surface area contributed by atoms with Crippen molar-refractivity contribution < 1.29 is 24.8 Å². The summed E-state index contributed by atoms with van der Waals surface area (Å²) >= 11 is 0. The second-order valence-corrected chi connectivity index (χ2v) is 6.91. The minimum absolute atomic E-state index is 0. The van der Waals surface area contributed by atoms with E-state index in [4.69, 9.17) is 4.98 Å². The van der Waals surface area contributed by atoms with Gasteiger partial charge in [-0.2, -0.15) is 0 Å². The summed E-state index contributed by atoms with van der Waals surface area (Å²) in [5.74, 6) is 0.900. The summed E-state index contributed by atoms with van der Waals surface area (Å²) in [6, 6.07) is 27.4. The van der Waals surface area contributed by atoms with Crippen LogP contribution in [0, 0.1) is 0 Å². The lowest BCUT2D eigenvalue weighted by atomic mass is 10.2. The maximum absolute atomic E-state index is 4.81. The molecule has 3 aromatic carbocycles. The summed E-state index contributed by atoms with van der Waals surface area (Å²) in [6.45, 7) is 1.54. The molecule has 0 aliphatic carbocycles. The van der Waals surface area contributed by atoms with Gasteiger partial charge in [0.1, 0.15) is 0 Å². The Morgan fingerprint density at radius 3 is 2.14 bits per heavy atom. The van der Waals surface area contributed by atoms with Crippen molar-refractivity contribution in [2.45, 2.75) is 13.1 Å². The van der Waals surface area contributed by atoms with Gasteiger partial charge < -0.3 is 39.6 Å². The molecule has 4 rings (SSSR count). The van der Waals surface area contributed by atoms with Gasteiger partial charge in [0.2, 0.25) is 5.95 Å². The summed E-state index contributed by atoms with van der Waals surface area (Å²) < 4.78 is 2.25. The van der Waals surface area contributed by atoms with Gasteiger partial charge in [0.15, 0.2) is 0 Å². The first kappa shape index (κ1) is 22.6. The van der Waals surface area contributed by atoms with Crippen LogP contribution in [0.5, 0.6) is 0 Å². The minimum atomic E-state index is 0. The van der Waals surface area contributed by atoms with E-state index in [0.29, 0.717) is 0 Å². The molecule has 4 nitrogen and oxygen atoms in total. The van der Waals surface area contributed by atoms with Crippen LogP contribution in [0.25, 0.3) is 11.0 Å². The largest absolute Gasteiger partial charge is 1.00 e. The first-order chi connectivity index (χ1) is 13.2. The molecule has 0 saturated heterocycles. The molecule has 0 spiro atoms. The van der Waals surface area contributed by atoms with Crippen LogP contribution in [0.2, 0.25) is 0 Å². The molecule has 0 aliphatic heterocycles. The lowest BCUT2D eigenvalue weighted by Gasteiger charge is -2.14. The SMILES string of the molecule is CN(C)c1ccc(CNc2nc3ccccc3n2Cc2ccccc2)cc1.[Cl-].[Cl-]. The zero-order valence-corrected chi connectivity index (χ0v) is 18.0. The standard InChI is InChI=1S/C23H24N4.2ClH/c1-26(2)20-14-12-18(13-15-20)16-24-23-25-21-10-6-7-11-22(21)27(23)17-19-8-4-3-5-9-19;;/h3-15H,16-17H2,1-2H3,(H,24,25);2*1H/p-2. The number of anilines is 2. The number of benzene rings is 3. The van der Waals surface area contributed by atoms with Crippen molar-refractivity contribution in [1.29, 1.82) is 0 Å². The molecule has 1 aromatic heterocycles. The second-order valence-electron chi connectivity index (χ2n) is 6.91. The quantitative estimate of drug-likeness (QED) is 0.419. The number of halogens is 2. The average molecular weight is 427 g/mol. The Labute approximate surface area is 184 Å². The number of hydrogen-bond donors (Lipinski definition) is 1. The van der Waals surface area contributed by atoms with Crippen molar-refractivity contribution in [3.8, 4) is 0 Å². The fraction of sp³-hybridized carbons (Fsp3) is 0.174. The molecular weight excluding hydrogens is 403 g/mol. The van der Waals surface area contributed by atoms with Gasteiger partial charge in [-0.3, -0.25) is 0 Å². The van der Waals surface area contributed by atoms with Gasteiger partial charge in [0.25, 0.3) is 0 Å². The smallest absolute Gasteiger partial charge is 0.204 e. The van der Waals surface area contributed by atoms with Crippen LogP contribution in [0.4, 0.5) is 11.6 Å². The van der Waals surface area contributed by atoms with E-state index in [1.54, 1.807) is 0 Å². The van der Waals surface area contributed by atoms with E-state index in [1.165, 1.54) is 16.8 Å². The van der Waals surface area contributed by atoms with Crippen LogP contribution in [0.3, 0.4) is 0 Å². The highest BCUT2D eigenvalue weighted by atomic mass is 35.5. The summed E-state index contributed by atoms with van der Waals surface area (Å²) in [4.78, 5) is 6.92. The molecule has 1 N–H and O–H groups in total. The molecule has 1 heterocycles. The third kappa shape index (κ3) is 5.22. The molecule has 0 fully saturated rings. The molecule has 0 saturated carbocycles. The Balaban J connectivity index is 0.00000150. The van der Waals surface area contributed by atoms with E-state index in [1.807, 2.05) is 12.1 Å². The van der Waals surface area contributed by atoms with Crippen LogP contribution in [0.15, 0.2) is 78.9 Å². The molecule has 0 radical (unpaired) electrons. The predicted molar refractivity (Wildman–Crippen MR) is 113 cm³/mol. The lowest BCUT2D eigenvalue weighted by Crippen LogP contribution is -3.00. The number of aromatic nitrogens is 2. The summed E-state index contributed by atoms with van der Waals surface area (Å²) in [5.41, 5.74) is 5.86. The number of fused-ring (bicyclic) bond motifs is 1. The molecular formula is C23H24Cl2N4-2. The van der Waals surface area contributed by atoms with Gasteiger partial charge in [-0.05, 0) is 35.4 Å². The number of hydrogen-bond acceptors (Lipinski definition) is 3. The van der Waals surface area contributed by atoms with Crippen LogP contribution in [-0.4, -0.2) is 23.6 Å². The molecule has 4 aromatic rings. The van der Waals surface area contributed by atoms with Gasteiger partial charge in [-0.25, -0.2) is 4.98 Å². The van der Waals surface area contributed by atoms with Crippen molar-refractivity contribution in [2.24, 2.45) is 0 Å². The van der Waals surface area contributed by atoms with Crippen LogP contribution < -0.4 is 35.0 Å². The third-order valence-electron chi connectivity index (χ3n) is 4.74. The average Bonchev–Trinajstić information content (AvgIpc) is 3.05. The zero-order chi connectivity index (χ0) is 18.6. The Morgan fingerprint density at radius 1 is 0.793 bits per heavy atom. The predicted octanol–water partition coefficient (Wildman–Crippen LogP) is -1.23. The fourth-order valence-electron chi connectivity index (χ4n) is 3.23. The zero-order valence-electron chi connectivity index (χ0n) is 16.5. The van der Waals surface area contributed by atoms with E-state index in [2.05, 4.69) is 95.6 Å². The van der Waals surface area contributed by atoms with Gasteiger partial charge in [0.05, 0.1) is 17.6 Å². The molecule has 0 aliphatic rings. The Bertz CT molecular complexity index is 1030. The van der Waals surface area contributed by atoms with Crippen molar-refractivity contribution in [3.05, 3.63) is 90.0 Å². The van der Waals surface area contributed by atoms with Crippen molar-refractivity contribution in [2.75, 3.05) is 24.3 Å². The lowest BCUT2D eigenvalue weighted by molar-refractivity contribution is -0.00100. The van der Waals surface area contributed by atoms with Crippen LogP contribution in [-0.2, 0) is 13.1 Å². The molecule has 0 atom stereocenters. The number of imidazole rings is 1. The van der Waals surface area contributed by atoms with Crippen LogP contribution in [0.1, 0.15) is 11.1 Å². The maximum atomic E-state index is 4.81. The second kappa shape index (κ2) is 10.2. The van der Waals surface area contributed by atoms with Crippen molar-refractivity contribution >= 4 is 22.7 Å². The van der Waals surface area contributed by atoms with Gasteiger partial charge >= 0.3 is 0 Å². The molecule has 0 unspecified atom stereocenters. The van der Waals surface area contributed by atoms with Crippen molar-refractivity contribution in [3.63, 3.8) is 0 Å². The Kier molecular flexibility index (Phi) is 7.94. The highest BCUT2D eigenvalue weighted by molar-refractivity contribution is 5.78. The molecule has 152 valence electrons. The number of nitrogens with zero attached hydrogens (tertiary/aromatic N) is 3. The molecule has 6 heteroatoms. The Morgan fingerprint density at radius 2 is 1.45 bits per heavy atom. The van der Waals surface area contributed by atoms with E-state index in [9.17, 15) is 0 Å². The number of nitrogens with one attached hydrogen (secondary N) is 1. The maximum Gasteiger partial charge on any atom is 0.204 e. The summed E-state index contributed by atoms with van der Waals surface area (Å²) in [5, 5.41) is 3.53. The highest BCUT2D eigenvalue weighted by Gasteiger charge is 2.10. The highest BCUT2D eigenvalue weighted by Crippen LogP contribution is 2.22. The van der Waals surface area contributed by atoms with Crippen LogP contribution >= 0.6 is 0 Å². The number of rotatable bonds is 6. The molecule has 0 bridgehead atoms. The summed E-state index contributed by atoms with van der Waals surface area (Å²) in [6.07, 6.45) is 0. The monoisotopic (exact) mass is 426 g/mol. The van der Waals surface area contributed by atoms with Gasteiger partial charge in [-0.1, -0.05) is 54.6 Å². The number of para-hydroxylation sites is 2. The summed E-state index contributed by atoms with van der Waals surface area (Å²) in [7, 11) is 4.11. The first-order valence-corrected chi connectivity index (χ1v) is 9.20. The van der Waals surface area contributed by atoms with E-state index < -0.39 is 0 Å². The van der Waals surface area contributed by atoms with E-state index >= 15 is 0 Å².